The quantitative estimate of drug-likeness (QED) is 0.168. The minimum absolute atomic E-state index is 1.39. The lowest BCUT2D eigenvalue weighted by atomic mass is 9.92. The van der Waals surface area contributed by atoms with E-state index in [0.29, 0.717) is 0 Å². The topological polar surface area (TPSA) is 0 Å². The van der Waals surface area contributed by atoms with Gasteiger partial charge in [-0.1, -0.05) is 0 Å². The predicted molar refractivity (Wildman–Crippen MR) is 224 cm³/mol. The first-order chi connectivity index (χ1) is 22.6. The SMILES string of the molecule is C/C(=C(/C)c1cc2c(s1)c(C)c(C)c1sc3c(C)c(C)c(C)c(C)c3c12)c1cc2c(s1)c(C)c(C)c1sc3c(C)c(C)c(C)c(C)c3c12. The Morgan fingerprint density at radius 2 is 0.583 bits per heavy atom. The summed E-state index contributed by atoms with van der Waals surface area (Å²) in [6.45, 7) is 32.6. The van der Waals surface area contributed by atoms with Crippen LogP contribution in [0.15, 0.2) is 12.1 Å². The summed E-state index contributed by atoms with van der Waals surface area (Å²) in [4.78, 5) is 2.79. The van der Waals surface area contributed by atoms with Crippen LogP contribution in [0.3, 0.4) is 0 Å². The number of rotatable bonds is 2. The molecule has 244 valence electrons. The van der Waals surface area contributed by atoms with Gasteiger partial charge in [0, 0.05) is 70.3 Å². The molecule has 4 heterocycles. The van der Waals surface area contributed by atoms with E-state index in [1.54, 1.807) is 0 Å². The van der Waals surface area contributed by atoms with Crippen LogP contribution < -0.4 is 0 Å². The molecule has 48 heavy (non-hydrogen) atoms. The van der Waals surface area contributed by atoms with Crippen LogP contribution in [0, 0.1) is 83.1 Å². The fourth-order valence-corrected chi connectivity index (χ4v) is 13.7. The third-order valence-electron chi connectivity index (χ3n) is 12.4. The van der Waals surface area contributed by atoms with Gasteiger partial charge in [0.15, 0.2) is 0 Å². The molecule has 0 aliphatic carbocycles. The van der Waals surface area contributed by atoms with E-state index < -0.39 is 0 Å². The second-order valence-corrected chi connectivity index (χ2v) is 18.6. The normalized spacial score (nSPS) is 13.1. The van der Waals surface area contributed by atoms with Crippen molar-refractivity contribution in [3.63, 3.8) is 0 Å². The van der Waals surface area contributed by atoms with Gasteiger partial charge >= 0.3 is 0 Å². The maximum Gasteiger partial charge on any atom is 0.0394 e. The first-order valence-electron chi connectivity index (χ1n) is 17.0. The van der Waals surface area contributed by atoms with E-state index >= 15 is 0 Å². The average molecular weight is 701 g/mol. The van der Waals surface area contributed by atoms with Gasteiger partial charge in [0.25, 0.3) is 0 Å². The molecule has 4 aromatic heterocycles. The summed E-state index contributed by atoms with van der Waals surface area (Å²) in [6, 6.07) is 5.04. The average Bonchev–Trinajstić information content (AvgIpc) is 3.87. The molecule has 0 aliphatic heterocycles. The molecule has 0 aliphatic rings. The van der Waals surface area contributed by atoms with Crippen LogP contribution in [0.5, 0.6) is 0 Å². The summed E-state index contributed by atoms with van der Waals surface area (Å²) < 4.78 is 8.76. The van der Waals surface area contributed by atoms with Crippen LogP contribution >= 0.6 is 45.3 Å². The van der Waals surface area contributed by atoms with Gasteiger partial charge in [-0.15, -0.1) is 45.3 Å². The fraction of sp³-hybridized carbons (Fsp3) is 0.318. The summed E-state index contributed by atoms with van der Waals surface area (Å²) in [5.74, 6) is 0. The standard InChI is InChI=1S/C44H44S4/c1-17-19(3)25(9)41-35(23(17)7)37-31-15-33(45-39(31)27(11)29(13)43(37)47-41)21(5)22(6)34-16-32-38-36-24(8)18(2)20(4)26(10)42(36)48-44(38)30(14)28(12)40(32)46-34/h15-16H,1-14H3/b22-21+. The van der Waals surface area contributed by atoms with Gasteiger partial charge < -0.3 is 0 Å². The van der Waals surface area contributed by atoms with Crippen LogP contribution in [0.1, 0.15) is 90.4 Å². The van der Waals surface area contributed by atoms with E-state index in [1.165, 1.54) is 148 Å². The van der Waals surface area contributed by atoms with Gasteiger partial charge in [-0.3, -0.25) is 0 Å². The minimum Gasteiger partial charge on any atom is -0.135 e. The summed E-state index contributed by atoms with van der Waals surface area (Å²) in [6.07, 6.45) is 0. The Balaban J connectivity index is 1.40. The van der Waals surface area contributed by atoms with Crippen LogP contribution in [0.2, 0.25) is 0 Å². The first-order valence-corrected chi connectivity index (χ1v) is 20.3. The van der Waals surface area contributed by atoms with Gasteiger partial charge in [-0.05, 0) is 187 Å². The Hall–Kier alpha value is -3.02. The highest BCUT2D eigenvalue weighted by Crippen LogP contribution is 2.51. The second-order valence-electron chi connectivity index (χ2n) is 14.5. The van der Waals surface area contributed by atoms with Crippen molar-refractivity contribution in [1.82, 2.24) is 0 Å². The number of hydrogen-bond donors (Lipinski definition) is 0. The second kappa shape index (κ2) is 10.7. The number of thiophene rings is 4. The molecule has 0 fully saturated rings. The Labute approximate surface area is 300 Å². The molecule has 4 aromatic carbocycles. The largest absolute Gasteiger partial charge is 0.135 e. The monoisotopic (exact) mass is 700 g/mol. The summed E-state index contributed by atoms with van der Waals surface area (Å²) in [5.41, 5.74) is 20.1. The van der Waals surface area contributed by atoms with Gasteiger partial charge in [0.05, 0.1) is 0 Å². The third-order valence-corrected chi connectivity index (χ3v) is 18.0. The summed E-state index contributed by atoms with van der Waals surface area (Å²) >= 11 is 8.00. The maximum atomic E-state index is 2.52. The lowest BCUT2D eigenvalue weighted by Gasteiger charge is -2.11. The van der Waals surface area contributed by atoms with E-state index in [4.69, 9.17) is 0 Å². The lowest BCUT2D eigenvalue weighted by Crippen LogP contribution is -1.91. The van der Waals surface area contributed by atoms with Gasteiger partial charge in [0.1, 0.15) is 0 Å². The van der Waals surface area contributed by atoms with E-state index in [-0.39, 0.29) is 0 Å². The van der Waals surface area contributed by atoms with E-state index in [2.05, 4.69) is 109 Å². The van der Waals surface area contributed by atoms with Crippen molar-refractivity contribution in [2.45, 2.75) is 96.9 Å². The highest BCUT2D eigenvalue weighted by atomic mass is 32.1. The molecule has 0 atom stereocenters. The third kappa shape index (κ3) is 4.04. The molecule has 0 radical (unpaired) electrons. The van der Waals surface area contributed by atoms with Crippen molar-refractivity contribution in [3.05, 3.63) is 88.6 Å². The summed E-state index contributed by atoms with van der Waals surface area (Å²) in [7, 11) is 0. The molecule has 0 saturated heterocycles. The molecular weight excluding hydrogens is 657 g/mol. The maximum absolute atomic E-state index is 2.52. The van der Waals surface area contributed by atoms with Crippen molar-refractivity contribution in [1.29, 1.82) is 0 Å². The van der Waals surface area contributed by atoms with E-state index in [0.717, 1.165) is 0 Å². The fourth-order valence-electron chi connectivity index (χ4n) is 8.12. The Morgan fingerprint density at radius 3 is 0.938 bits per heavy atom. The predicted octanol–water partition coefficient (Wildman–Crippen LogP) is 15.5. The van der Waals surface area contributed by atoms with Crippen molar-refractivity contribution in [3.8, 4) is 0 Å². The highest BCUT2D eigenvalue weighted by molar-refractivity contribution is 7.27. The highest BCUT2D eigenvalue weighted by Gasteiger charge is 2.24. The number of aryl methyl sites for hydroxylation is 8. The smallest absolute Gasteiger partial charge is 0.0394 e. The molecular formula is C44H44S4. The summed E-state index contributed by atoms with van der Waals surface area (Å²) in [5, 5.41) is 8.77. The van der Waals surface area contributed by atoms with Crippen LogP contribution in [-0.2, 0) is 0 Å². The lowest BCUT2D eigenvalue weighted by molar-refractivity contribution is 1.26. The van der Waals surface area contributed by atoms with Crippen LogP contribution in [0.4, 0.5) is 0 Å². The zero-order valence-electron chi connectivity index (χ0n) is 30.8. The van der Waals surface area contributed by atoms with E-state index in [9.17, 15) is 0 Å². The van der Waals surface area contributed by atoms with Crippen molar-refractivity contribution in [2.24, 2.45) is 0 Å². The van der Waals surface area contributed by atoms with Crippen LogP contribution in [0.25, 0.3) is 71.7 Å². The molecule has 0 N–H and O–H groups in total. The van der Waals surface area contributed by atoms with Crippen molar-refractivity contribution < 1.29 is 0 Å². The Morgan fingerprint density at radius 1 is 0.312 bits per heavy atom. The minimum atomic E-state index is 1.39. The Kier molecular flexibility index (Phi) is 7.20. The van der Waals surface area contributed by atoms with Crippen LogP contribution in [-0.4, -0.2) is 0 Å². The molecule has 4 heteroatoms. The zero-order valence-corrected chi connectivity index (χ0v) is 34.1. The number of benzene rings is 4. The van der Waals surface area contributed by atoms with Gasteiger partial charge in [-0.25, -0.2) is 0 Å². The van der Waals surface area contributed by atoms with Gasteiger partial charge in [0.2, 0.25) is 0 Å². The molecule has 0 bridgehead atoms. The number of hydrogen-bond acceptors (Lipinski definition) is 4. The van der Waals surface area contributed by atoms with Crippen molar-refractivity contribution in [2.75, 3.05) is 0 Å². The molecule has 8 aromatic rings. The molecule has 0 unspecified atom stereocenters. The molecule has 0 nitrogen and oxygen atoms in total. The number of fused-ring (bicyclic) bond motifs is 10. The Bertz CT molecular complexity index is 2600. The first kappa shape index (κ1) is 32.2. The molecule has 8 rings (SSSR count). The molecule has 0 spiro atoms. The van der Waals surface area contributed by atoms with Crippen molar-refractivity contribution >= 4 is 117 Å². The zero-order chi connectivity index (χ0) is 34.4. The van der Waals surface area contributed by atoms with Gasteiger partial charge in [-0.2, -0.15) is 0 Å². The molecule has 0 amide bonds. The molecule has 0 saturated carbocycles. The van der Waals surface area contributed by atoms with E-state index in [1.807, 2.05) is 45.3 Å². The number of allylic oxidation sites excluding steroid dienone is 2.